The third kappa shape index (κ3) is 3.72. The molecule has 1 aliphatic heterocycles. The highest BCUT2D eigenvalue weighted by molar-refractivity contribution is 6.00. The molecule has 7 heteroatoms. The summed E-state index contributed by atoms with van der Waals surface area (Å²) < 4.78 is 0. The summed E-state index contributed by atoms with van der Waals surface area (Å²) in [6.45, 7) is 2.17. The first-order valence-electron chi connectivity index (χ1n) is 8.36. The SMILES string of the molecule is C[C@@H](NC(=O)[C@H]1CC(=O)N(c2ccc([N+](=O)[O-])cc2)C1)c1ccccc1. The van der Waals surface area contributed by atoms with Gasteiger partial charge in [-0.3, -0.25) is 19.7 Å². The second-order valence-corrected chi connectivity index (χ2v) is 6.32. The minimum absolute atomic E-state index is 0.0358. The maximum atomic E-state index is 12.5. The molecule has 1 aliphatic rings. The Morgan fingerprint density at radius 1 is 1.19 bits per heavy atom. The number of hydrogen-bond acceptors (Lipinski definition) is 4. The molecule has 0 radical (unpaired) electrons. The van der Waals surface area contributed by atoms with E-state index in [2.05, 4.69) is 5.32 Å². The monoisotopic (exact) mass is 353 g/mol. The first-order chi connectivity index (χ1) is 12.5. The van der Waals surface area contributed by atoms with Crippen LogP contribution in [0.15, 0.2) is 54.6 Å². The molecule has 2 amide bonds. The molecule has 1 heterocycles. The molecule has 1 fully saturated rings. The highest BCUT2D eigenvalue weighted by Crippen LogP contribution is 2.27. The topological polar surface area (TPSA) is 92.6 Å². The van der Waals surface area contributed by atoms with Gasteiger partial charge in [0, 0.05) is 30.8 Å². The van der Waals surface area contributed by atoms with E-state index in [0.29, 0.717) is 5.69 Å². The van der Waals surface area contributed by atoms with Crippen LogP contribution in [-0.4, -0.2) is 23.3 Å². The van der Waals surface area contributed by atoms with E-state index in [4.69, 9.17) is 0 Å². The molecule has 134 valence electrons. The highest BCUT2D eigenvalue weighted by Gasteiger charge is 2.35. The van der Waals surface area contributed by atoms with Crippen LogP contribution in [0.4, 0.5) is 11.4 Å². The Kier molecular flexibility index (Phi) is 4.97. The van der Waals surface area contributed by atoms with Gasteiger partial charge in [0.15, 0.2) is 0 Å². The molecule has 2 atom stereocenters. The molecule has 3 rings (SSSR count). The smallest absolute Gasteiger partial charge is 0.269 e. The summed E-state index contributed by atoms with van der Waals surface area (Å²) >= 11 is 0. The number of hydrogen-bond donors (Lipinski definition) is 1. The molecule has 2 aromatic carbocycles. The van der Waals surface area contributed by atoms with Crippen LogP contribution in [0.1, 0.15) is 24.9 Å². The standard InChI is InChI=1S/C19H19N3O4/c1-13(14-5-3-2-4-6-14)20-19(24)15-11-18(23)21(12-15)16-7-9-17(10-8-16)22(25)26/h2-10,13,15H,11-12H2,1H3,(H,20,24)/t13-,15+/m1/s1. The van der Waals surface area contributed by atoms with Crippen molar-refractivity contribution in [2.75, 3.05) is 11.4 Å². The van der Waals surface area contributed by atoms with Crippen molar-refractivity contribution in [3.8, 4) is 0 Å². The van der Waals surface area contributed by atoms with E-state index in [9.17, 15) is 19.7 Å². The molecule has 7 nitrogen and oxygen atoms in total. The van der Waals surface area contributed by atoms with Gasteiger partial charge < -0.3 is 10.2 Å². The van der Waals surface area contributed by atoms with Crippen LogP contribution in [0.5, 0.6) is 0 Å². The number of benzene rings is 2. The van der Waals surface area contributed by atoms with Crippen molar-refractivity contribution in [1.82, 2.24) is 5.32 Å². The molecule has 0 spiro atoms. The van der Waals surface area contributed by atoms with Gasteiger partial charge >= 0.3 is 0 Å². The van der Waals surface area contributed by atoms with Crippen molar-refractivity contribution in [3.63, 3.8) is 0 Å². The van der Waals surface area contributed by atoms with Gasteiger partial charge in [0.2, 0.25) is 11.8 Å². The Morgan fingerprint density at radius 3 is 2.46 bits per heavy atom. The zero-order chi connectivity index (χ0) is 18.7. The van der Waals surface area contributed by atoms with Crippen molar-refractivity contribution in [2.45, 2.75) is 19.4 Å². The molecule has 0 aromatic heterocycles. The van der Waals surface area contributed by atoms with Crippen LogP contribution in [0.25, 0.3) is 0 Å². The minimum Gasteiger partial charge on any atom is -0.349 e. The summed E-state index contributed by atoms with van der Waals surface area (Å²) in [5, 5.41) is 13.7. The Labute approximate surface area is 150 Å². The molecule has 26 heavy (non-hydrogen) atoms. The molecule has 0 saturated carbocycles. The molecule has 1 saturated heterocycles. The number of nitro groups is 1. The quantitative estimate of drug-likeness (QED) is 0.661. The number of rotatable bonds is 5. The van der Waals surface area contributed by atoms with E-state index in [1.807, 2.05) is 37.3 Å². The van der Waals surface area contributed by atoms with Gasteiger partial charge in [-0.15, -0.1) is 0 Å². The minimum atomic E-state index is -0.489. The van der Waals surface area contributed by atoms with Crippen LogP contribution >= 0.6 is 0 Å². The molecule has 0 bridgehead atoms. The van der Waals surface area contributed by atoms with Crippen molar-refractivity contribution in [1.29, 1.82) is 0 Å². The number of carbonyl (C=O) groups is 2. The Morgan fingerprint density at radius 2 is 1.85 bits per heavy atom. The van der Waals surface area contributed by atoms with E-state index in [0.717, 1.165) is 5.56 Å². The Balaban J connectivity index is 1.65. The van der Waals surface area contributed by atoms with E-state index in [1.54, 1.807) is 0 Å². The largest absolute Gasteiger partial charge is 0.349 e. The van der Waals surface area contributed by atoms with E-state index in [1.165, 1.54) is 29.2 Å². The molecular formula is C19H19N3O4. The van der Waals surface area contributed by atoms with E-state index < -0.39 is 10.8 Å². The van der Waals surface area contributed by atoms with Crippen molar-refractivity contribution < 1.29 is 14.5 Å². The Bertz CT molecular complexity index is 820. The fourth-order valence-corrected chi connectivity index (χ4v) is 3.04. The van der Waals surface area contributed by atoms with Crippen LogP contribution < -0.4 is 10.2 Å². The van der Waals surface area contributed by atoms with E-state index in [-0.39, 0.29) is 36.5 Å². The number of nitro benzene ring substituents is 1. The summed E-state index contributed by atoms with van der Waals surface area (Å²) in [5.41, 5.74) is 1.52. The lowest BCUT2D eigenvalue weighted by molar-refractivity contribution is -0.384. The summed E-state index contributed by atoms with van der Waals surface area (Å²) in [6, 6.07) is 15.2. The van der Waals surface area contributed by atoms with Gasteiger partial charge in [-0.05, 0) is 24.6 Å². The maximum absolute atomic E-state index is 12.5. The van der Waals surface area contributed by atoms with Crippen molar-refractivity contribution >= 4 is 23.2 Å². The number of non-ortho nitro benzene ring substituents is 1. The zero-order valence-corrected chi connectivity index (χ0v) is 14.3. The normalized spacial score (nSPS) is 17.8. The van der Waals surface area contributed by atoms with Gasteiger partial charge in [-0.25, -0.2) is 0 Å². The van der Waals surface area contributed by atoms with Gasteiger partial charge in [0.25, 0.3) is 5.69 Å². The maximum Gasteiger partial charge on any atom is 0.269 e. The second kappa shape index (κ2) is 7.35. The molecule has 2 aromatic rings. The van der Waals surface area contributed by atoms with Gasteiger partial charge in [0.1, 0.15) is 0 Å². The lowest BCUT2D eigenvalue weighted by Gasteiger charge is -2.18. The fourth-order valence-electron chi connectivity index (χ4n) is 3.04. The lowest BCUT2D eigenvalue weighted by Crippen LogP contribution is -2.34. The van der Waals surface area contributed by atoms with Crippen molar-refractivity contribution in [3.05, 3.63) is 70.3 Å². The summed E-state index contributed by atoms with van der Waals surface area (Å²) in [5.74, 6) is -0.769. The highest BCUT2D eigenvalue weighted by atomic mass is 16.6. The number of carbonyl (C=O) groups excluding carboxylic acids is 2. The molecule has 0 unspecified atom stereocenters. The predicted octanol–water partition coefficient (Wildman–Crippen LogP) is 2.83. The van der Waals surface area contributed by atoms with Gasteiger partial charge in [0.05, 0.1) is 16.9 Å². The van der Waals surface area contributed by atoms with Crippen molar-refractivity contribution in [2.24, 2.45) is 5.92 Å². The molecular weight excluding hydrogens is 334 g/mol. The second-order valence-electron chi connectivity index (χ2n) is 6.32. The molecule has 1 N–H and O–H groups in total. The fraction of sp³-hybridized carbons (Fsp3) is 0.263. The van der Waals surface area contributed by atoms with Gasteiger partial charge in [-0.2, -0.15) is 0 Å². The lowest BCUT2D eigenvalue weighted by atomic mass is 10.1. The number of amides is 2. The van der Waals surface area contributed by atoms with Crippen LogP contribution in [0.2, 0.25) is 0 Å². The van der Waals surface area contributed by atoms with E-state index >= 15 is 0 Å². The number of nitrogens with zero attached hydrogens (tertiary/aromatic N) is 2. The first kappa shape index (κ1) is 17.6. The van der Waals surface area contributed by atoms with Crippen LogP contribution in [-0.2, 0) is 9.59 Å². The average molecular weight is 353 g/mol. The predicted molar refractivity (Wildman–Crippen MR) is 96.6 cm³/mol. The zero-order valence-electron chi connectivity index (χ0n) is 14.3. The number of anilines is 1. The van der Waals surface area contributed by atoms with Crippen LogP contribution in [0.3, 0.4) is 0 Å². The van der Waals surface area contributed by atoms with Crippen LogP contribution in [0, 0.1) is 16.0 Å². The first-order valence-corrected chi connectivity index (χ1v) is 8.36. The molecule has 0 aliphatic carbocycles. The third-order valence-electron chi connectivity index (χ3n) is 4.53. The Hall–Kier alpha value is -3.22. The summed E-state index contributed by atoms with van der Waals surface area (Å²) in [6.07, 6.45) is 0.129. The third-order valence-corrected chi connectivity index (χ3v) is 4.53. The average Bonchev–Trinajstić information content (AvgIpc) is 3.04. The summed E-state index contributed by atoms with van der Waals surface area (Å²) in [4.78, 5) is 36.5. The van der Waals surface area contributed by atoms with Gasteiger partial charge in [-0.1, -0.05) is 30.3 Å². The summed E-state index contributed by atoms with van der Waals surface area (Å²) in [7, 11) is 0. The number of nitrogens with one attached hydrogen (secondary N) is 1.